The van der Waals surface area contributed by atoms with E-state index in [1.54, 1.807) is 0 Å². The van der Waals surface area contributed by atoms with E-state index in [2.05, 4.69) is 9.50 Å². The van der Waals surface area contributed by atoms with Crippen LogP contribution in [0.4, 0.5) is 0 Å². The molecule has 7 N–H and O–H groups in total. The van der Waals surface area contributed by atoms with Gasteiger partial charge in [-0.1, -0.05) is 0 Å². The van der Waals surface area contributed by atoms with Crippen LogP contribution in [0.25, 0.3) is 0 Å². The predicted octanol–water partition coefficient (Wildman–Crippen LogP) is -2.94. The zero-order chi connectivity index (χ0) is 35.7. The number of ether oxygens (including phenoxy) is 5. The fourth-order valence-corrected chi connectivity index (χ4v) is 7.52. The Balaban J connectivity index is 2.59. The highest BCUT2D eigenvalue weighted by atomic mass is 32.3. The minimum atomic E-state index is -5.49. The van der Waals surface area contributed by atoms with Crippen molar-refractivity contribution in [3.63, 3.8) is 0 Å². The van der Waals surface area contributed by atoms with Crippen molar-refractivity contribution in [2.45, 2.75) is 87.0 Å². The molecule has 0 aromatic rings. The Morgan fingerprint density at radius 1 is 0.848 bits per heavy atom. The predicted molar refractivity (Wildman–Crippen MR) is 150 cm³/mol. The molecule has 46 heavy (non-hydrogen) atoms. The largest absolute Gasteiger partial charge is 0.479 e. The Labute approximate surface area is 266 Å². The van der Waals surface area contributed by atoms with Crippen molar-refractivity contribution in [3.05, 3.63) is 0 Å². The van der Waals surface area contributed by atoms with Crippen LogP contribution in [-0.4, -0.2) is 158 Å². The van der Waals surface area contributed by atoms with E-state index in [9.17, 15) is 56.0 Å². The van der Waals surface area contributed by atoms with Crippen LogP contribution < -0.4 is 5.32 Å². The first-order valence-corrected chi connectivity index (χ1v) is 16.3. The number of aliphatic hydroxyl groups excluding tert-OH is 3. The van der Waals surface area contributed by atoms with Gasteiger partial charge in [-0.25, -0.2) is 13.2 Å². The Morgan fingerprint density at radius 3 is 1.85 bits per heavy atom. The average molecular weight is 714 g/mol. The van der Waals surface area contributed by atoms with Gasteiger partial charge in [0.15, 0.2) is 11.2 Å². The molecule has 20 nitrogen and oxygen atoms in total. The first-order chi connectivity index (χ1) is 20.8. The molecular formula is C24H43NO19S2. The highest BCUT2D eigenvalue weighted by Crippen LogP contribution is 2.47. The quantitative estimate of drug-likeness (QED) is 0.0835. The maximum atomic E-state index is 12.5. The minimum Gasteiger partial charge on any atom is -0.479 e. The van der Waals surface area contributed by atoms with Crippen LogP contribution >= 0.6 is 0 Å². The van der Waals surface area contributed by atoms with Gasteiger partial charge in [0, 0.05) is 27.1 Å². The van der Waals surface area contributed by atoms with Gasteiger partial charge in [-0.2, -0.15) is 16.8 Å². The number of carboxylic acid groups (broad SMARTS) is 1. The summed E-state index contributed by atoms with van der Waals surface area (Å²) in [7, 11) is -8.40. The van der Waals surface area contributed by atoms with Crippen LogP contribution in [0.2, 0.25) is 0 Å². The molecule has 0 radical (unpaired) electrons. The lowest BCUT2D eigenvalue weighted by molar-refractivity contribution is -0.340. The van der Waals surface area contributed by atoms with E-state index in [0.29, 0.717) is 0 Å². The zero-order valence-corrected chi connectivity index (χ0v) is 27.9. The Kier molecular flexibility index (Phi) is 12.4. The molecule has 4 unspecified atom stereocenters. The number of rotatable bonds is 15. The van der Waals surface area contributed by atoms with Crippen molar-refractivity contribution >= 4 is 32.7 Å². The maximum absolute atomic E-state index is 12.5. The van der Waals surface area contributed by atoms with Crippen molar-refractivity contribution in [1.82, 2.24) is 5.32 Å². The molecule has 2 aliphatic heterocycles. The molecule has 2 heterocycles. The smallest absolute Gasteiger partial charge is 0.398 e. The lowest BCUT2D eigenvalue weighted by Gasteiger charge is -2.57. The molecule has 2 aliphatic rings. The van der Waals surface area contributed by atoms with E-state index < -0.39 is 117 Å². The molecular weight excluding hydrogens is 670 g/mol. The molecule has 270 valence electrons. The molecule has 10 atom stereocenters. The van der Waals surface area contributed by atoms with Gasteiger partial charge in [0.25, 0.3) is 0 Å². The Hall–Kier alpha value is -1.64. The van der Waals surface area contributed by atoms with E-state index in [4.69, 9.17) is 27.9 Å². The summed E-state index contributed by atoms with van der Waals surface area (Å²) in [6.07, 6.45) is -6.36. The van der Waals surface area contributed by atoms with Crippen LogP contribution in [0.3, 0.4) is 0 Å². The highest BCUT2D eigenvalue weighted by Gasteiger charge is 2.72. The van der Waals surface area contributed by atoms with E-state index in [0.717, 1.165) is 27.9 Å². The molecule has 0 spiro atoms. The number of hydrogen-bond donors (Lipinski definition) is 7. The molecule has 0 aromatic heterocycles. The Morgan fingerprint density at radius 2 is 1.41 bits per heavy atom. The van der Waals surface area contributed by atoms with Gasteiger partial charge in [0.05, 0.1) is 39.1 Å². The topological polar surface area (TPSA) is 300 Å². The third-order valence-electron chi connectivity index (χ3n) is 8.24. The normalized spacial score (nSPS) is 40.4. The zero-order valence-electron chi connectivity index (χ0n) is 26.2. The number of amides is 1. The van der Waals surface area contributed by atoms with Gasteiger partial charge in [-0.3, -0.25) is 13.9 Å². The van der Waals surface area contributed by atoms with Crippen molar-refractivity contribution < 1.29 is 88.0 Å². The van der Waals surface area contributed by atoms with Crippen molar-refractivity contribution in [2.24, 2.45) is 5.92 Å². The van der Waals surface area contributed by atoms with E-state index >= 15 is 0 Å². The fourth-order valence-electron chi connectivity index (χ4n) is 6.23. The fraction of sp³-hybridized carbons (Fsp3) is 0.917. The number of methoxy groups -OCH3 is 2. The summed E-state index contributed by atoms with van der Waals surface area (Å²) >= 11 is 0. The van der Waals surface area contributed by atoms with Gasteiger partial charge < -0.3 is 49.4 Å². The third-order valence-corrected chi connectivity index (χ3v) is 9.20. The molecule has 2 fully saturated rings. The van der Waals surface area contributed by atoms with E-state index in [-0.39, 0.29) is 6.61 Å². The summed E-state index contributed by atoms with van der Waals surface area (Å²) in [5, 5.41) is 45.2. The van der Waals surface area contributed by atoms with Gasteiger partial charge in [-0.05, 0) is 27.7 Å². The van der Waals surface area contributed by atoms with Crippen LogP contribution in [0.5, 0.6) is 0 Å². The first kappa shape index (κ1) is 40.5. The molecule has 0 aliphatic carbocycles. The first-order valence-electron chi connectivity index (χ1n) is 13.6. The van der Waals surface area contributed by atoms with Crippen molar-refractivity contribution in [1.29, 1.82) is 0 Å². The summed E-state index contributed by atoms with van der Waals surface area (Å²) in [4.78, 5) is 24.8. The monoisotopic (exact) mass is 713 g/mol. The number of aliphatic carboxylic acids is 1. The molecule has 0 aromatic carbocycles. The SMILES string of the molecule is COC[C@]1(C)OC(C)(CO)[C@H](OS(=O)(=O)O)[C@@H](COC[C@]2(C)OC(C)(C(=O)O)[C@](COC)(OS(=O)(=O)O)[C@@H](O)C2O)C1NC(C)=O. The summed E-state index contributed by atoms with van der Waals surface area (Å²) in [6, 6.07) is -1.20. The van der Waals surface area contributed by atoms with Crippen molar-refractivity contribution in [3.8, 4) is 0 Å². The van der Waals surface area contributed by atoms with Gasteiger partial charge in [-0.15, -0.1) is 0 Å². The summed E-state index contributed by atoms with van der Waals surface area (Å²) in [5.74, 6) is -3.82. The number of nitrogens with one attached hydrogen (secondary N) is 1. The highest BCUT2D eigenvalue weighted by molar-refractivity contribution is 7.81. The molecule has 2 saturated heterocycles. The minimum absolute atomic E-state index is 0.222. The van der Waals surface area contributed by atoms with Gasteiger partial charge in [0.2, 0.25) is 5.91 Å². The second kappa shape index (κ2) is 14.1. The van der Waals surface area contributed by atoms with E-state index in [1.807, 2.05) is 0 Å². The van der Waals surface area contributed by atoms with Crippen LogP contribution in [0.15, 0.2) is 0 Å². The van der Waals surface area contributed by atoms with Crippen LogP contribution in [-0.2, 0) is 62.4 Å². The van der Waals surface area contributed by atoms with E-state index in [1.165, 1.54) is 21.0 Å². The van der Waals surface area contributed by atoms with Gasteiger partial charge in [0.1, 0.15) is 35.1 Å². The number of hydrogen-bond acceptors (Lipinski definition) is 16. The number of aliphatic hydroxyl groups is 3. The van der Waals surface area contributed by atoms with Gasteiger partial charge >= 0.3 is 26.8 Å². The summed E-state index contributed by atoms with van der Waals surface area (Å²) < 4.78 is 103. The van der Waals surface area contributed by atoms with Crippen molar-refractivity contribution in [2.75, 3.05) is 47.3 Å². The third kappa shape index (κ3) is 8.14. The maximum Gasteiger partial charge on any atom is 0.398 e. The molecule has 22 heteroatoms. The molecule has 2 rings (SSSR count). The Bertz CT molecular complexity index is 1330. The average Bonchev–Trinajstić information content (AvgIpc) is 2.89. The van der Waals surface area contributed by atoms with Crippen LogP contribution in [0.1, 0.15) is 34.6 Å². The lowest BCUT2D eigenvalue weighted by atomic mass is 9.71. The second-order valence-corrected chi connectivity index (χ2v) is 14.2. The summed E-state index contributed by atoms with van der Waals surface area (Å²) in [6.45, 7) is 2.26. The standard InChI is InChI=1S/C24H43NO19S2/c1-13(27)25-15-14(18(41-45(32,33)34)20(2,9-26)42-21(15,3)10-38-6)8-40-11-22(4)16(28)17(29)24(12-39-7,44-46(35,36)37)23(5,43-22)19(30)31/h14-18,26,28-29H,8-12H2,1-7H3,(H,25,27)(H,30,31)(H,32,33,34)(H,35,36,37)/t14-,15?,16?,17-,18+,20?,21-,22-,23?,24+/m0/s1. The molecule has 1 amide bonds. The number of carbonyl (C=O) groups is 2. The second-order valence-electron chi connectivity index (χ2n) is 12.1. The molecule has 0 saturated carbocycles. The number of carboxylic acids is 1. The number of carbonyl (C=O) groups excluding carboxylic acids is 1. The molecule has 0 bridgehead atoms. The summed E-state index contributed by atoms with van der Waals surface area (Å²) in [5.41, 5.74) is -11.3. The lowest BCUT2D eigenvalue weighted by Crippen LogP contribution is -2.80. The van der Waals surface area contributed by atoms with Crippen LogP contribution in [0, 0.1) is 5.92 Å².